The summed E-state index contributed by atoms with van der Waals surface area (Å²) in [5, 5.41) is 5.60. The van der Waals surface area contributed by atoms with Gasteiger partial charge in [-0.15, -0.1) is 0 Å². The van der Waals surface area contributed by atoms with E-state index in [0.717, 1.165) is 32.4 Å². The Kier molecular flexibility index (Phi) is 5.84. The second-order valence-corrected chi connectivity index (χ2v) is 5.82. The fraction of sp³-hybridized carbons (Fsp3) is 0.529. The number of carbonyl (C=O) groups excluding carboxylic acids is 2. The summed E-state index contributed by atoms with van der Waals surface area (Å²) in [5.74, 6) is 0.526. The number of rotatable bonds is 5. The minimum atomic E-state index is -0.302. The smallest absolute Gasteiger partial charge is 0.319 e. The van der Waals surface area contributed by atoms with Crippen LogP contribution in [0, 0.1) is 0 Å². The number of urea groups is 1. The van der Waals surface area contributed by atoms with Gasteiger partial charge in [-0.25, -0.2) is 4.79 Å². The van der Waals surface area contributed by atoms with E-state index in [2.05, 4.69) is 10.6 Å². The number of methoxy groups -OCH3 is 1. The van der Waals surface area contributed by atoms with Crippen LogP contribution in [0.15, 0.2) is 18.2 Å². The summed E-state index contributed by atoms with van der Waals surface area (Å²) >= 11 is 0. The first kappa shape index (κ1) is 17.1. The third kappa shape index (κ3) is 4.37. The predicted octanol–water partition coefficient (Wildman–Crippen LogP) is 2.85. The summed E-state index contributed by atoms with van der Waals surface area (Å²) in [6, 6.07) is 4.90. The molecule has 2 N–H and O–H groups in total. The van der Waals surface area contributed by atoms with Gasteiger partial charge in [0.15, 0.2) is 0 Å². The third-order valence-corrected chi connectivity index (χ3v) is 4.08. The van der Waals surface area contributed by atoms with Crippen molar-refractivity contribution in [2.45, 2.75) is 39.2 Å². The number of nitrogens with one attached hydrogen (secondary N) is 2. The monoisotopic (exact) mass is 319 g/mol. The van der Waals surface area contributed by atoms with Crippen LogP contribution in [0.5, 0.6) is 5.75 Å². The highest BCUT2D eigenvalue weighted by atomic mass is 16.5. The number of benzene rings is 1. The zero-order chi connectivity index (χ0) is 16.8. The topological polar surface area (TPSA) is 70.7 Å². The van der Waals surface area contributed by atoms with Crippen LogP contribution < -0.4 is 15.4 Å². The summed E-state index contributed by atoms with van der Waals surface area (Å²) in [4.78, 5) is 26.3. The summed E-state index contributed by atoms with van der Waals surface area (Å²) in [7, 11) is 1.54. The van der Waals surface area contributed by atoms with Crippen LogP contribution in [0.2, 0.25) is 0 Å². The normalized spacial score (nSPS) is 15.2. The van der Waals surface area contributed by atoms with Crippen molar-refractivity contribution in [3.63, 3.8) is 0 Å². The van der Waals surface area contributed by atoms with Gasteiger partial charge in [-0.1, -0.05) is 6.92 Å². The van der Waals surface area contributed by atoms with Crippen molar-refractivity contribution in [1.29, 1.82) is 0 Å². The molecule has 0 saturated carbocycles. The molecule has 1 heterocycles. The highest BCUT2D eigenvalue weighted by Crippen LogP contribution is 2.26. The van der Waals surface area contributed by atoms with Crippen molar-refractivity contribution in [2.24, 2.45) is 0 Å². The molecule has 6 heteroatoms. The molecule has 0 aromatic heterocycles. The minimum absolute atomic E-state index is 0.00413. The van der Waals surface area contributed by atoms with Gasteiger partial charge in [-0.2, -0.15) is 0 Å². The molecule has 6 nitrogen and oxygen atoms in total. The Hall–Kier alpha value is -2.24. The number of anilines is 1. The fourth-order valence-corrected chi connectivity index (χ4v) is 2.53. The molecule has 1 saturated heterocycles. The van der Waals surface area contributed by atoms with Crippen LogP contribution in [0.3, 0.4) is 0 Å². The van der Waals surface area contributed by atoms with E-state index in [0.29, 0.717) is 17.0 Å². The summed E-state index contributed by atoms with van der Waals surface area (Å²) in [6.45, 7) is 5.52. The molecule has 0 radical (unpaired) electrons. The maximum atomic E-state index is 12.5. The lowest BCUT2D eigenvalue weighted by molar-refractivity contribution is 0.0793. The van der Waals surface area contributed by atoms with Gasteiger partial charge in [0.25, 0.3) is 5.91 Å². The molecule has 1 fully saturated rings. The van der Waals surface area contributed by atoms with Crippen LogP contribution in [-0.2, 0) is 0 Å². The first-order chi connectivity index (χ1) is 11.0. The number of hydrogen-bond donors (Lipinski definition) is 2. The van der Waals surface area contributed by atoms with E-state index in [1.165, 1.54) is 7.11 Å². The fourth-order valence-electron chi connectivity index (χ4n) is 2.53. The van der Waals surface area contributed by atoms with Gasteiger partial charge < -0.3 is 20.3 Å². The van der Waals surface area contributed by atoms with Crippen LogP contribution >= 0.6 is 0 Å². The molecule has 0 aliphatic carbocycles. The molecule has 1 aromatic carbocycles. The highest BCUT2D eigenvalue weighted by Gasteiger charge is 2.21. The van der Waals surface area contributed by atoms with Crippen LogP contribution in [0.4, 0.5) is 10.5 Å². The lowest BCUT2D eigenvalue weighted by Crippen LogP contribution is -2.35. The van der Waals surface area contributed by atoms with Crippen molar-refractivity contribution in [3.8, 4) is 5.75 Å². The van der Waals surface area contributed by atoms with Crippen molar-refractivity contribution in [3.05, 3.63) is 23.8 Å². The van der Waals surface area contributed by atoms with E-state index in [9.17, 15) is 9.59 Å². The van der Waals surface area contributed by atoms with E-state index in [-0.39, 0.29) is 18.0 Å². The summed E-state index contributed by atoms with van der Waals surface area (Å²) < 4.78 is 5.27. The molecule has 1 atom stereocenters. The Bertz CT molecular complexity index is 568. The molecule has 1 aliphatic heterocycles. The zero-order valence-electron chi connectivity index (χ0n) is 14.0. The van der Waals surface area contributed by atoms with Gasteiger partial charge in [0.2, 0.25) is 0 Å². The van der Waals surface area contributed by atoms with Gasteiger partial charge in [-0.05, 0) is 44.4 Å². The summed E-state index contributed by atoms with van der Waals surface area (Å²) in [6.07, 6.45) is 2.94. The van der Waals surface area contributed by atoms with Crippen molar-refractivity contribution in [2.75, 3.05) is 25.5 Å². The number of ether oxygens (including phenoxy) is 1. The number of likely N-dealkylation sites (tertiary alicyclic amines) is 1. The van der Waals surface area contributed by atoms with Gasteiger partial charge in [0, 0.05) is 24.7 Å². The van der Waals surface area contributed by atoms with Gasteiger partial charge in [-0.3, -0.25) is 4.79 Å². The van der Waals surface area contributed by atoms with Crippen LogP contribution in [0.1, 0.15) is 43.5 Å². The zero-order valence-corrected chi connectivity index (χ0v) is 14.0. The molecule has 1 aliphatic rings. The number of hydrogen-bond acceptors (Lipinski definition) is 3. The first-order valence-electron chi connectivity index (χ1n) is 8.10. The molecule has 0 bridgehead atoms. The molecule has 2 rings (SSSR count). The first-order valence-corrected chi connectivity index (χ1v) is 8.10. The van der Waals surface area contributed by atoms with E-state index in [1.807, 2.05) is 18.7 Å². The maximum absolute atomic E-state index is 12.5. The average Bonchev–Trinajstić information content (AvgIpc) is 3.08. The Morgan fingerprint density at radius 1 is 1.30 bits per heavy atom. The SMILES string of the molecule is CC[C@H](C)NC(=O)Nc1cc(C(=O)N2CCCC2)ccc1OC. The maximum Gasteiger partial charge on any atom is 0.319 e. The summed E-state index contributed by atoms with van der Waals surface area (Å²) in [5.41, 5.74) is 1.06. The Morgan fingerprint density at radius 3 is 2.61 bits per heavy atom. The molecule has 0 spiro atoms. The Balaban J connectivity index is 2.15. The average molecular weight is 319 g/mol. The molecule has 126 valence electrons. The van der Waals surface area contributed by atoms with Crippen molar-refractivity contribution < 1.29 is 14.3 Å². The van der Waals surface area contributed by atoms with E-state index >= 15 is 0 Å². The van der Waals surface area contributed by atoms with E-state index < -0.39 is 0 Å². The lowest BCUT2D eigenvalue weighted by atomic mass is 10.1. The molecule has 0 unspecified atom stereocenters. The van der Waals surface area contributed by atoms with E-state index in [4.69, 9.17) is 4.74 Å². The van der Waals surface area contributed by atoms with E-state index in [1.54, 1.807) is 18.2 Å². The Labute approximate surface area is 137 Å². The second kappa shape index (κ2) is 7.85. The third-order valence-electron chi connectivity index (χ3n) is 4.08. The number of nitrogens with zero attached hydrogens (tertiary/aromatic N) is 1. The predicted molar refractivity (Wildman–Crippen MR) is 90.0 cm³/mol. The van der Waals surface area contributed by atoms with Gasteiger partial charge in [0.05, 0.1) is 12.8 Å². The standard InChI is InChI=1S/C17H25N3O3/c1-4-12(2)18-17(22)19-14-11-13(7-8-15(14)23-3)16(21)20-9-5-6-10-20/h7-8,11-12H,4-6,9-10H2,1-3H3,(H2,18,19,22)/t12-/m0/s1. The Morgan fingerprint density at radius 2 is 2.00 bits per heavy atom. The number of carbonyl (C=O) groups is 2. The largest absolute Gasteiger partial charge is 0.495 e. The van der Waals surface area contributed by atoms with Crippen LogP contribution in [0.25, 0.3) is 0 Å². The number of amides is 3. The van der Waals surface area contributed by atoms with Crippen molar-refractivity contribution >= 4 is 17.6 Å². The van der Waals surface area contributed by atoms with Crippen LogP contribution in [-0.4, -0.2) is 43.1 Å². The van der Waals surface area contributed by atoms with Gasteiger partial charge >= 0.3 is 6.03 Å². The minimum Gasteiger partial charge on any atom is -0.495 e. The molecule has 23 heavy (non-hydrogen) atoms. The van der Waals surface area contributed by atoms with Crippen molar-refractivity contribution in [1.82, 2.24) is 10.2 Å². The molecular weight excluding hydrogens is 294 g/mol. The second-order valence-electron chi connectivity index (χ2n) is 5.82. The quantitative estimate of drug-likeness (QED) is 0.876. The molecular formula is C17H25N3O3. The van der Waals surface area contributed by atoms with Gasteiger partial charge in [0.1, 0.15) is 5.75 Å². The highest BCUT2D eigenvalue weighted by molar-refractivity contribution is 5.98. The molecule has 1 aromatic rings. The lowest BCUT2D eigenvalue weighted by Gasteiger charge is -2.18. The molecule has 3 amide bonds.